The molecule has 0 amide bonds. The van der Waals surface area contributed by atoms with Gasteiger partial charge >= 0.3 is 0 Å². The van der Waals surface area contributed by atoms with Crippen molar-refractivity contribution in [2.75, 3.05) is 0 Å². The first-order valence-electron chi connectivity index (χ1n) is 5.68. The summed E-state index contributed by atoms with van der Waals surface area (Å²) in [6.07, 6.45) is 3.71. The number of hydrogen-bond acceptors (Lipinski definition) is 3. The van der Waals surface area contributed by atoms with Crippen LogP contribution >= 0.6 is 0 Å². The topological polar surface area (TPSA) is 50.4 Å². The SMILES string of the molecule is CCCC(O)Cc1cc(C)cc2ncnn12. The zero-order valence-corrected chi connectivity index (χ0v) is 9.72. The Labute approximate surface area is 94.9 Å². The van der Waals surface area contributed by atoms with Gasteiger partial charge in [0.25, 0.3) is 0 Å². The minimum atomic E-state index is -0.292. The van der Waals surface area contributed by atoms with Gasteiger partial charge in [0.15, 0.2) is 5.65 Å². The molecule has 16 heavy (non-hydrogen) atoms. The van der Waals surface area contributed by atoms with Crippen LogP contribution < -0.4 is 0 Å². The van der Waals surface area contributed by atoms with Crippen LogP contribution in [0, 0.1) is 6.92 Å². The minimum absolute atomic E-state index is 0.292. The van der Waals surface area contributed by atoms with Crippen LogP contribution in [0.3, 0.4) is 0 Å². The highest BCUT2D eigenvalue weighted by Gasteiger charge is 2.09. The molecule has 2 aromatic heterocycles. The van der Waals surface area contributed by atoms with Crippen molar-refractivity contribution in [1.29, 1.82) is 0 Å². The summed E-state index contributed by atoms with van der Waals surface area (Å²) < 4.78 is 1.80. The van der Waals surface area contributed by atoms with Crippen LogP contribution in [0.5, 0.6) is 0 Å². The Morgan fingerprint density at radius 3 is 3.00 bits per heavy atom. The molecule has 0 bridgehead atoms. The van der Waals surface area contributed by atoms with E-state index >= 15 is 0 Å². The summed E-state index contributed by atoms with van der Waals surface area (Å²) in [5.41, 5.74) is 3.02. The molecule has 0 aromatic carbocycles. The maximum absolute atomic E-state index is 9.83. The van der Waals surface area contributed by atoms with E-state index in [4.69, 9.17) is 0 Å². The summed E-state index contributed by atoms with van der Waals surface area (Å²) in [4.78, 5) is 4.16. The number of aliphatic hydroxyl groups is 1. The van der Waals surface area contributed by atoms with Gasteiger partial charge < -0.3 is 5.11 Å². The normalized spacial score (nSPS) is 13.2. The zero-order chi connectivity index (χ0) is 11.5. The summed E-state index contributed by atoms with van der Waals surface area (Å²) >= 11 is 0. The van der Waals surface area contributed by atoms with Gasteiger partial charge in [0, 0.05) is 12.1 Å². The van der Waals surface area contributed by atoms with Crippen molar-refractivity contribution in [3.05, 3.63) is 29.7 Å². The van der Waals surface area contributed by atoms with Gasteiger partial charge in [0.2, 0.25) is 0 Å². The van der Waals surface area contributed by atoms with Crippen LogP contribution in [0.2, 0.25) is 0 Å². The minimum Gasteiger partial charge on any atom is -0.393 e. The number of aliphatic hydroxyl groups excluding tert-OH is 1. The van der Waals surface area contributed by atoms with Crippen LogP contribution in [0.1, 0.15) is 31.0 Å². The van der Waals surface area contributed by atoms with Gasteiger partial charge in [-0.25, -0.2) is 9.50 Å². The number of aryl methyl sites for hydroxylation is 1. The smallest absolute Gasteiger partial charge is 0.155 e. The van der Waals surface area contributed by atoms with Crippen LogP contribution in [0.25, 0.3) is 5.65 Å². The molecule has 0 aliphatic heterocycles. The summed E-state index contributed by atoms with van der Waals surface area (Å²) in [5.74, 6) is 0. The molecule has 0 radical (unpaired) electrons. The van der Waals surface area contributed by atoms with Crippen molar-refractivity contribution in [2.24, 2.45) is 0 Å². The summed E-state index contributed by atoms with van der Waals surface area (Å²) in [6.45, 7) is 4.11. The molecular formula is C12H17N3O. The molecule has 4 heteroatoms. The van der Waals surface area contributed by atoms with Crippen molar-refractivity contribution in [3.8, 4) is 0 Å². The van der Waals surface area contributed by atoms with Gasteiger partial charge in [-0.15, -0.1) is 0 Å². The first kappa shape index (κ1) is 11.1. The number of nitrogens with zero attached hydrogens (tertiary/aromatic N) is 3. The molecule has 0 aliphatic carbocycles. The third kappa shape index (κ3) is 2.22. The summed E-state index contributed by atoms with van der Waals surface area (Å²) in [6, 6.07) is 4.04. The van der Waals surface area contributed by atoms with Gasteiger partial charge in [-0.05, 0) is 31.0 Å². The molecule has 0 saturated heterocycles. The van der Waals surface area contributed by atoms with Crippen molar-refractivity contribution < 1.29 is 5.11 Å². The van der Waals surface area contributed by atoms with Gasteiger partial charge in [0.05, 0.1) is 6.10 Å². The predicted molar refractivity (Wildman–Crippen MR) is 62.3 cm³/mol. The van der Waals surface area contributed by atoms with E-state index in [1.54, 1.807) is 10.8 Å². The van der Waals surface area contributed by atoms with E-state index in [0.29, 0.717) is 6.42 Å². The molecule has 0 fully saturated rings. The van der Waals surface area contributed by atoms with Crippen molar-refractivity contribution in [1.82, 2.24) is 14.6 Å². The predicted octanol–water partition coefficient (Wildman–Crippen LogP) is 1.74. The third-order valence-electron chi connectivity index (χ3n) is 2.66. The lowest BCUT2D eigenvalue weighted by atomic mass is 10.1. The molecule has 0 saturated carbocycles. The Morgan fingerprint density at radius 1 is 1.44 bits per heavy atom. The van der Waals surface area contributed by atoms with Gasteiger partial charge in [-0.1, -0.05) is 13.3 Å². The second kappa shape index (κ2) is 4.61. The van der Waals surface area contributed by atoms with E-state index in [2.05, 4.69) is 23.1 Å². The van der Waals surface area contributed by atoms with Crippen LogP contribution in [-0.2, 0) is 6.42 Å². The molecular weight excluding hydrogens is 202 g/mol. The standard InChI is InChI=1S/C12H17N3O/c1-3-4-11(16)7-10-5-9(2)6-12-13-8-14-15(10)12/h5-6,8,11,16H,3-4,7H2,1-2H3. The molecule has 1 unspecified atom stereocenters. The van der Waals surface area contributed by atoms with Crippen LogP contribution in [-0.4, -0.2) is 25.8 Å². The molecule has 86 valence electrons. The highest BCUT2D eigenvalue weighted by molar-refractivity contribution is 5.41. The lowest BCUT2D eigenvalue weighted by Crippen LogP contribution is -2.13. The number of rotatable bonds is 4. The second-order valence-electron chi connectivity index (χ2n) is 4.20. The fourth-order valence-electron chi connectivity index (χ4n) is 1.96. The highest BCUT2D eigenvalue weighted by atomic mass is 16.3. The monoisotopic (exact) mass is 219 g/mol. The fourth-order valence-corrected chi connectivity index (χ4v) is 1.96. The first-order valence-corrected chi connectivity index (χ1v) is 5.68. The van der Waals surface area contributed by atoms with E-state index in [1.807, 2.05) is 13.0 Å². The Bertz CT molecular complexity index is 478. The largest absolute Gasteiger partial charge is 0.393 e. The second-order valence-corrected chi connectivity index (χ2v) is 4.20. The molecule has 0 spiro atoms. The van der Waals surface area contributed by atoms with Gasteiger partial charge in [-0.2, -0.15) is 5.10 Å². The third-order valence-corrected chi connectivity index (χ3v) is 2.66. The Kier molecular flexibility index (Phi) is 3.19. The molecule has 2 rings (SSSR count). The lowest BCUT2D eigenvalue weighted by Gasteiger charge is -2.10. The highest BCUT2D eigenvalue weighted by Crippen LogP contribution is 2.12. The average molecular weight is 219 g/mol. The molecule has 2 aromatic rings. The fraction of sp³-hybridized carbons (Fsp3) is 0.500. The molecule has 4 nitrogen and oxygen atoms in total. The number of pyridine rings is 1. The molecule has 0 aliphatic rings. The van der Waals surface area contributed by atoms with Crippen molar-refractivity contribution in [2.45, 2.75) is 39.2 Å². The quantitative estimate of drug-likeness (QED) is 0.852. The Balaban J connectivity index is 2.31. The van der Waals surface area contributed by atoms with Gasteiger partial charge in [-0.3, -0.25) is 0 Å². The zero-order valence-electron chi connectivity index (χ0n) is 9.72. The van der Waals surface area contributed by atoms with Crippen molar-refractivity contribution in [3.63, 3.8) is 0 Å². The van der Waals surface area contributed by atoms with E-state index in [9.17, 15) is 5.11 Å². The number of hydrogen-bond donors (Lipinski definition) is 1. The van der Waals surface area contributed by atoms with E-state index in [1.165, 1.54) is 0 Å². The molecule has 1 N–H and O–H groups in total. The summed E-state index contributed by atoms with van der Waals surface area (Å²) in [5, 5.41) is 14.0. The van der Waals surface area contributed by atoms with E-state index < -0.39 is 0 Å². The summed E-state index contributed by atoms with van der Waals surface area (Å²) in [7, 11) is 0. The Morgan fingerprint density at radius 2 is 2.25 bits per heavy atom. The van der Waals surface area contributed by atoms with Crippen LogP contribution in [0.4, 0.5) is 0 Å². The van der Waals surface area contributed by atoms with E-state index in [0.717, 1.165) is 29.7 Å². The first-order chi connectivity index (χ1) is 7.70. The maximum Gasteiger partial charge on any atom is 0.155 e. The maximum atomic E-state index is 9.83. The molecule has 2 heterocycles. The van der Waals surface area contributed by atoms with Gasteiger partial charge in [0.1, 0.15) is 6.33 Å². The molecule has 1 atom stereocenters. The van der Waals surface area contributed by atoms with Crippen LogP contribution in [0.15, 0.2) is 18.5 Å². The number of aromatic nitrogens is 3. The Hall–Kier alpha value is -1.42. The average Bonchev–Trinajstić information content (AvgIpc) is 2.65. The van der Waals surface area contributed by atoms with Crippen molar-refractivity contribution >= 4 is 5.65 Å². The lowest BCUT2D eigenvalue weighted by molar-refractivity contribution is 0.162. The van der Waals surface area contributed by atoms with E-state index in [-0.39, 0.29) is 6.10 Å². The number of fused-ring (bicyclic) bond motifs is 1.